The molecule has 0 heterocycles. The standard InChI is InChI=1S/C14H23FN2O4S2/c1-3-12-23(20,21)16-9-11-17(22(2,18)19)10-8-13-6-4-5-7-14(13)15/h4-7,16H,3,8-12H2,1-2H3. The third kappa shape index (κ3) is 7.38. The molecule has 1 aromatic carbocycles. The highest BCUT2D eigenvalue weighted by atomic mass is 32.2. The minimum atomic E-state index is -3.50. The molecular formula is C14H23FN2O4S2. The smallest absolute Gasteiger partial charge is 0.211 e. The average molecular weight is 366 g/mol. The minimum Gasteiger partial charge on any atom is -0.214 e. The fourth-order valence-corrected chi connectivity index (χ4v) is 3.99. The van der Waals surface area contributed by atoms with Crippen LogP contribution in [0.15, 0.2) is 24.3 Å². The summed E-state index contributed by atoms with van der Waals surface area (Å²) in [5, 5.41) is 0. The van der Waals surface area contributed by atoms with Crippen molar-refractivity contribution in [3.63, 3.8) is 0 Å². The number of rotatable bonds is 10. The highest BCUT2D eigenvalue weighted by Crippen LogP contribution is 2.09. The first-order valence-electron chi connectivity index (χ1n) is 7.31. The van der Waals surface area contributed by atoms with Crippen LogP contribution in [0.1, 0.15) is 18.9 Å². The lowest BCUT2D eigenvalue weighted by atomic mass is 10.1. The Kier molecular flexibility index (Phi) is 7.59. The molecule has 0 radical (unpaired) electrons. The van der Waals surface area contributed by atoms with Gasteiger partial charge in [-0.1, -0.05) is 25.1 Å². The van der Waals surface area contributed by atoms with Gasteiger partial charge < -0.3 is 0 Å². The van der Waals surface area contributed by atoms with Crippen LogP contribution in [-0.4, -0.2) is 52.8 Å². The average Bonchev–Trinajstić information content (AvgIpc) is 2.42. The van der Waals surface area contributed by atoms with E-state index >= 15 is 0 Å². The maximum atomic E-state index is 13.6. The molecule has 0 saturated heterocycles. The Morgan fingerprint density at radius 3 is 2.35 bits per heavy atom. The van der Waals surface area contributed by atoms with Crippen molar-refractivity contribution in [1.29, 1.82) is 0 Å². The van der Waals surface area contributed by atoms with Crippen LogP contribution in [0.25, 0.3) is 0 Å². The molecule has 0 aliphatic rings. The third-order valence-corrected chi connectivity index (χ3v) is 6.11. The lowest BCUT2D eigenvalue weighted by Gasteiger charge is -2.20. The summed E-state index contributed by atoms with van der Waals surface area (Å²) >= 11 is 0. The molecule has 0 aliphatic heterocycles. The van der Waals surface area contributed by atoms with E-state index < -0.39 is 20.0 Å². The molecule has 0 bridgehead atoms. The van der Waals surface area contributed by atoms with E-state index in [-0.39, 0.29) is 37.6 Å². The molecule has 0 aliphatic carbocycles. The van der Waals surface area contributed by atoms with Crippen LogP contribution in [0.4, 0.5) is 4.39 Å². The van der Waals surface area contributed by atoms with Crippen molar-refractivity contribution < 1.29 is 21.2 Å². The van der Waals surface area contributed by atoms with Gasteiger partial charge in [-0.2, -0.15) is 0 Å². The van der Waals surface area contributed by atoms with E-state index in [1.54, 1.807) is 25.1 Å². The minimum absolute atomic E-state index is 0.00109. The molecule has 132 valence electrons. The number of nitrogens with zero attached hydrogens (tertiary/aromatic N) is 1. The van der Waals surface area contributed by atoms with Gasteiger partial charge in [0.2, 0.25) is 20.0 Å². The van der Waals surface area contributed by atoms with E-state index in [0.29, 0.717) is 12.0 Å². The molecule has 0 spiro atoms. The summed E-state index contributed by atoms with van der Waals surface area (Å²) in [6.07, 6.45) is 1.76. The van der Waals surface area contributed by atoms with Crippen LogP contribution in [0.3, 0.4) is 0 Å². The molecule has 0 aromatic heterocycles. The summed E-state index contributed by atoms with van der Waals surface area (Å²) in [5.41, 5.74) is 0.424. The van der Waals surface area contributed by atoms with E-state index in [1.807, 2.05) is 0 Å². The number of hydrogen-bond acceptors (Lipinski definition) is 4. The molecule has 0 fully saturated rings. The van der Waals surface area contributed by atoms with Crippen molar-refractivity contribution in [2.24, 2.45) is 0 Å². The summed E-state index contributed by atoms with van der Waals surface area (Å²) < 4.78 is 63.7. The first kappa shape index (κ1) is 20.0. The maximum absolute atomic E-state index is 13.6. The summed E-state index contributed by atoms with van der Waals surface area (Å²) in [6.45, 7) is 1.84. The topological polar surface area (TPSA) is 83.6 Å². The maximum Gasteiger partial charge on any atom is 0.211 e. The predicted molar refractivity (Wildman–Crippen MR) is 88.6 cm³/mol. The number of halogens is 1. The molecule has 23 heavy (non-hydrogen) atoms. The van der Waals surface area contributed by atoms with Crippen LogP contribution in [-0.2, 0) is 26.5 Å². The Labute approximate surface area is 137 Å². The van der Waals surface area contributed by atoms with Crippen LogP contribution in [0, 0.1) is 5.82 Å². The summed E-state index contributed by atoms with van der Waals surface area (Å²) in [5.74, 6) is -0.384. The highest BCUT2D eigenvalue weighted by Gasteiger charge is 2.18. The first-order chi connectivity index (χ1) is 10.7. The summed E-state index contributed by atoms with van der Waals surface area (Å²) in [6, 6.07) is 6.16. The zero-order chi connectivity index (χ0) is 17.5. The molecule has 9 heteroatoms. The number of nitrogens with one attached hydrogen (secondary N) is 1. The van der Waals surface area contributed by atoms with E-state index in [4.69, 9.17) is 0 Å². The fourth-order valence-electron chi connectivity index (χ4n) is 2.06. The van der Waals surface area contributed by atoms with Crippen LogP contribution in [0.2, 0.25) is 0 Å². The molecule has 0 saturated carbocycles. The van der Waals surface area contributed by atoms with Gasteiger partial charge in [0.25, 0.3) is 0 Å². The molecule has 1 rings (SSSR count). The molecule has 0 atom stereocenters. The molecule has 0 unspecified atom stereocenters. The van der Waals surface area contributed by atoms with E-state index in [1.165, 1.54) is 6.07 Å². The second-order valence-corrected chi connectivity index (χ2v) is 9.13. The van der Waals surface area contributed by atoms with Crippen LogP contribution < -0.4 is 4.72 Å². The van der Waals surface area contributed by atoms with Gasteiger partial charge in [-0.15, -0.1) is 0 Å². The molecular weight excluding hydrogens is 343 g/mol. The fraction of sp³-hybridized carbons (Fsp3) is 0.571. The Morgan fingerprint density at radius 1 is 1.13 bits per heavy atom. The third-order valence-electron chi connectivity index (χ3n) is 3.21. The van der Waals surface area contributed by atoms with Crippen LogP contribution in [0.5, 0.6) is 0 Å². The lowest BCUT2D eigenvalue weighted by Crippen LogP contribution is -2.39. The monoisotopic (exact) mass is 366 g/mol. The Hall–Kier alpha value is -1.03. The van der Waals surface area contributed by atoms with Gasteiger partial charge in [-0.25, -0.2) is 30.3 Å². The van der Waals surface area contributed by atoms with Gasteiger partial charge in [0.1, 0.15) is 5.82 Å². The number of benzene rings is 1. The van der Waals surface area contributed by atoms with Gasteiger partial charge in [0.05, 0.1) is 12.0 Å². The number of hydrogen-bond donors (Lipinski definition) is 1. The normalized spacial score (nSPS) is 12.7. The zero-order valence-electron chi connectivity index (χ0n) is 13.3. The van der Waals surface area contributed by atoms with Crippen molar-refractivity contribution in [3.8, 4) is 0 Å². The van der Waals surface area contributed by atoms with Crippen molar-refractivity contribution in [3.05, 3.63) is 35.6 Å². The molecule has 1 aromatic rings. The van der Waals surface area contributed by atoms with Crippen molar-refractivity contribution in [1.82, 2.24) is 9.03 Å². The van der Waals surface area contributed by atoms with Gasteiger partial charge in [-0.05, 0) is 24.5 Å². The highest BCUT2D eigenvalue weighted by molar-refractivity contribution is 7.89. The second kappa shape index (κ2) is 8.72. The Bertz CT molecular complexity index is 705. The van der Waals surface area contributed by atoms with Crippen molar-refractivity contribution in [2.45, 2.75) is 19.8 Å². The van der Waals surface area contributed by atoms with Crippen LogP contribution >= 0.6 is 0 Å². The molecule has 1 N–H and O–H groups in total. The first-order valence-corrected chi connectivity index (χ1v) is 10.8. The van der Waals surface area contributed by atoms with Crippen molar-refractivity contribution >= 4 is 20.0 Å². The Morgan fingerprint density at radius 2 is 1.78 bits per heavy atom. The predicted octanol–water partition coefficient (Wildman–Crippen LogP) is 0.959. The molecule has 6 nitrogen and oxygen atoms in total. The zero-order valence-corrected chi connectivity index (χ0v) is 15.0. The lowest BCUT2D eigenvalue weighted by molar-refractivity contribution is 0.417. The number of sulfonamides is 2. The SMILES string of the molecule is CCCS(=O)(=O)NCCN(CCc1ccccc1F)S(C)(=O)=O. The quantitative estimate of drug-likeness (QED) is 0.668. The molecule has 0 amide bonds. The summed E-state index contributed by atoms with van der Waals surface area (Å²) in [7, 11) is -6.88. The van der Waals surface area contributed by atoms with E-state index in [2.05, 4.69) is 4.72 Å². The second-order valence-electron chi connectivity index (χ2n) is 5.22. The van der Waals surface area contributed by atoms with Crippen molar-refractivity contribution in [2.75, 3.05) is 31.6 Å². The largest absolute Gasteiger partial charge is 0.214 e. The van der Waals surface area contributed by atoms with E-state index in [9.17, 15) is 21.2 Å². The van der Waals surface area contributed by atoms with Gasteiger partial charge in [0, 0.05) is 19.6 Å². The van der Waals surface area contributed by atoms with Gasteiger partial charge in [0.15, 0.2) is 0 Å². The Balaban J connectivity index is 2.63. The summed E-state index contributed by atoms with van der Waals surface area (Å²) in [4.78, 5) is 0. The van der Waals surface area contributed by atoms with Gasteiger partial charge in [-0.3, -0.25) is 0 Å². The van der Waals surface area contributed by atoms with E-state index in [0.717, 1.165) is 10.6 Å². The van der Waals surface area contributed by atoms with Gasteiger partial charge >= 0.3 is 0 Å².